The second kappa shape index (κ2) is 6.12. The lowest BCUT2D eigenvalue weighted by Gasteiger charge is -2.09. The fraction of sp³-hybridized carbons (Fsp3) is 0.857. The summed E-state index contributed by atoms with van der Waals surface area (Å²) in [7, 11) is 1.52. The number of ether oxygens (including phenoxy) is 1. The van der Waals surface area contributed by atoms with Crippen molar-refractivity contribution in [3.63, 3.8) is 0 Å². The molecule has 1 atom stereocenters. The van der Waals surface area contributed by atoms with Crippen LogP contribution in [0.25, 0.3) is 0 Å². The van der Waals surface area contributed by atoms with E-state index in [0.717, 1.165) is 6.42 Å². The minimum absolute atomic E-state index is 0.145. The molecule has 0 fully saturated rings. The quantitative estimate of drug-likeness (QED) is 0.569. The SMILES string of the molecule is CCCNC(=O)C(N)COC. The van der Waals surface area contributed by atoms with Crippen molar-refractivity contribution < 1.29 is 9.53 Å². The zero-order valence-corrected chi connectivity index (χ0v) is 7.09. The maximum Gasteiger partial charge on any atom is 0.239 e. The van der Waals surface area contributed by atoms with Crippen molar-refractivity contribution in [3.05, 3.63) is 0 Å². The van der Waals surface area contributed by atoms with Gasteiger partial charge < -0.3 is 15.8 Å². The molecule has 0 aromatic rings. The molecule has 4 heteroatoms. The van der Waals surface area contributed by atoms with Crippen LogP contribution in [0.5, 0.6) is 0 Å². The monoisotopic (exact) mass is 160 g/mol. The number of nitrogens with two attached hydrogens (primary N) is 1. The predicted molar refractivity (Wildman–Crippen MR) is 43.2 cm³/mol. The molecule has 1 unspecified atom stereocenters. The highest BCUT2D eigenvalue weighted by atomic mass is 16.5. The maximum atomic E-state index is 11.0. The van der Waals surface area contributed by atoms with Gasteiger partial charge in [0.25, 0.3) is 0 Å². The van der Waals surface area contributed by atoms with Crippen molar-refractivity contribution in [2.24, 2.45) is 5.73 Å². The van der Waals surface area contributed by atoms with E-state index < -0.39 is 6.04 Å². The molecule has 0 aliphatic rings. The third kappa shape index (κ3) is 4.75. The van der Waals surface area contributed by atoms with E-state index >= 15 is 0 Å². The highest BCUT2D eigenvalue weighted by Crippen LogP contribution is 1.80. The first kappa shape index (κ1) is 10.4. The number of nitrogens with one attached hydrogen (secondary N) is 1. The van der Waals surface area contributed by atoms with Crippen molar-refractivity contribution in [2.45, 2.75) is 19.4 Å². The molecule has 0 aromatic heterocycles. The first-order valence-corrected chi connectivity index (χ1v) is 3.74. The minimum Gasteiger partial charge on any atom is -0.383 e. The van der Waals surface area contributed by atoms with Gasteiger partial charge in [-0.1, -0.05) is 6.92 Å². The minimum atomic E-state index is -0.536. The average molecular weight is 160 g/mol. The van der Waals surface area contributed by atoms with Crippen LogP contribution in [-0.4, -0.2) is 32.2 Å². The molecule has 3 N–H and O–H groups in total. The Kier molecular flexibility index (Phi) is 5.78. The first-order chi connectivity index (χ1) is 5.22. The molecular formula is C7H16N2O2. The topological polar surface area (TPSA) is 64.4 Å². The van der Waals surface area contributed by atoms with Crippen molar-refractivity contribution >= 4 is 5.91 Å². The number of carbonyl (C=O) groups is 1. The number of carbonyl (C=O) groups excluding carboxylic acids is 1. The third-order valence-corrected chi connectivity index (χ3v) is 1.23. The molecule has 0 aromatic carbocycles. The Morgan fingerprint density at radius 2 is 2.36 bits per heavy atom. The molecule has 0 aliphatic heterocycles. The van der Waals surface area contributed by atoms with Gasteiger partial charge in [0.1, 0.15) is 6.04 Å². The number of rotatable bonds is 5. The normalized spacial score (nSPS) is 12.6. The lowest BCUT2D eigenvalue weighted by Crippen LogP contribution is -2.43. The summed E-state index contributed by atoms with van der Waals surface area (Å²) in [6.07, 6.45) is 0.922. The molecule has 0 rings (SSSR count). The molecule has 0 radical (unpaired) electrons. The van der Waals surface area contributed by atoms with E-state index in [1.54, 1.807) is 0 Å². The number of methoxy groups -OCH3 is 1. The lowest BCUT2D eigenvalue weighted by molar-refractivity contribution is -0.123. The summed E-state index contributed by atoms with van der Waals surface area (Å²) in [5.41, 5.74) is 5.43. The predicted octanol–water partition coefficient (Wildman–Crippen LogP) is -0.514. The van der Waals surface area contributed by atoms with E-state index in [-0.39, 0.29) is 12.5 Å². The van der Waals surface area contributed by atoms with Crippen LogP contribution in [0.15, 0.2) is 0 Å². The van der Waals surface area contributed by atoms with Gasteiger partial charge in [-0.25, -0.2) is 0 Å². The van der Waals surface area contributed by atoms with Crippen LogP contribution >= 0.6 is 0 Å². The van der Waals surface area contributed by atoms with E-state index in [9.17, 15) is 4.79 Å². The summed E-state index contributed by atoms with van der Waals surface area (Å²) < 4.78 is 4.72. The molecular weight excluding hydrogens is 144 g/mol. The lowest BCUT2D eigenvalue weighted by atomic mass is 10.3. The maximum absolute atomic E-state index is 11.0. The van der Waals surface area contributed by atoms with Crippen molar-refractivity contribution in [1.82, 2.24) is 5.32 Å². The molecule has 0 spiro atoms. The smallest absolute Gasteiger partial charge is 0.239 e. The molecule has 0 saturated carbocycles. The van der Waals surface area contributed by atoms with Gasteiger partial charge in [-0.3, -0.25) is 4.79 Å². The zero-order chi connectivity index (χ0) is 8.69. The molecule has 1 amide bonds. The molecule has 4 nitrogen and oxygen atoms in total. The Morgan fingerprint density at radius 1 is 1.73 bits per heavy atom. The average Bonchev–Trinajstić information content (AvgIpc) is 2.00. The Bertz CT molecular complexity index is 117. The highest BCUT2D eigenvalue weighted by molar-refractivity contribution is 5.81. The Balaban J connectivity index is 3.47. The Labute approximate surface area is 67.1 Å². The van der Waals surface area contributed by atoms with Gasteiger partial charge in [-0.05, 0) is 6.42 Å². The van der Waals surface area contributed by atoms with E-state index in [4.69, 9.17) is 10.5 Å². The summed E-state index contributed by atoms with van der Waals surface area (Å²) >= 11 is 0. The number of amides is 1. The third-order valence-electron chi connectivity index (χ3n) is 1.23. The highest BCUT2D eigenvalue weighted by Gasteiger charge is 2.10. The van der Waals surface area contributed by atoms with Gasteiger partial charge in [0.15, 0.2) is 0 Å². The molecule has 0 aliphatic carbocycles. The standard InChI is InChI=1S/C7H16N2O2/c1-3-4-9-7(10)6(8)5-11-2/h6H,3-5,8H2,1-2H3,(H,9,10). The van der Waals surface area contributed by atoms with Crippen LogP contribution in [-0.2, 0) is 9.53 Å². The Hall–Kier alpha value is -0.610. The van der Waals surface area contributed by atoms with Gasteiger partial charge in [-0.2, -0.15) is 0 Å². The van der Waals surface area contributed by atoms with Gasteiger partial charge in [0.2, 0.25) is 5.91 Å². The van der Waals surface area contributed by atoms with E-state index in [1.807, 2.05) is 6.92 Å². The van der Waals surface area contributed by atoms with Crippen molar-refractivity contribution in [2.75, 3.05) is 20.3 Å². The second-order valence-electron chi connectivity index (χ2n) is 2.35. The van der Waals surface area contributed by atoms with Crippen LogP contribution in [0, 0.1) is 0 Å². The molecule has 0 bridgehead atoms. The molecule has 0 heterocycles. The van der Waals surface area contributed by atoms with Gasteiger partial charge in [0.05, 0.1) is 6.61 Å². The largest absolute Gasteiger partial charge is 0.383 e. The first-order valence-electron chi connectivity index (χ1n) is 3.74. The summed E-state index contributed by atoms with van der Waals surface area (Å²) in [5.74, 6) is -0.145. The zero-order valence-electron chi connectivity index (χ0n) is 7.09. The fourth-order valence-electron chi connectivity index (χ4n) is 0.635. The van der Waals surface area contributed by atoms with Crippen LogP contribution in [0.1, 0.15) is 13.3 Å². The summed E-state index contributed by atoms with van der Waals surface area (Å²) in [5, 5.41) is 2.67. The van der Waals surface area contributed by atoms with Gasteiger partial charge in [-0.15, -0.1) is 0 Å². The van der Waals surface area contributed by atoms with E-state index in [2.05, 4.69) is 5.32 Å². The van der Waals surface area contributed by atoms with E-state index in [1.165, 1.54) is 7.11 Å². The van der Waals surface area contributed by atoms with Crippen LogP contribution in [0.4, 0.5) is 0 Å². The molecule has 66 valence electrons. The van der Waals surface area contributed by atoms with Crippen LogP contribution in [0.3, 0.4) is 0 Å². The summed E-state index contributed by atoms with van der Waals surface area (Å²) in [6.45, 7) is 2.94. The van der Waals surface area contributed by atoms with E-state index in [0.29, 0.717) is 6.54 Å². The van der Waals surface area contributed by atoms with Crippen LogP contribution < -0.4 is 11.1 Å². The van der Waals surface area contributed by atoms with Crippen molar-refractivity contribution in [3.8, 4) is 0 Å². The van der Waals surface area contributed by atoms with Gasteiger partial charge in [0, 0.05) is 13.7 Å². The van der Waals surface area contributed by atoms with Crippen LogP contribution in [0.2, 0.25) is 0 Å². The second-order valence-corrected chi connectivity index (χ2v) is 2.35. The van der Waals surface area contributed by atoms with Gasteiger partial charge >= 0.3 is 0 Å². The van der Waals surface area contributed by atoms with Crippen molar-refractivity contribution in [1.29, 1.82) is 0 Å². The summed E-state index contributed by atoms with van der Waals surface area (Å²) in [4.78, 5) is 11.0. The number of hydrogen-bond acceptors (Lipinski definition) is 3. The number of hydrogen-bond donors (Lipinski definition) is 2. The Morgan fingerprint density at radius 3 is 2.82 bits per heavy atom. The molecule has 0 saturated heterocycles. The summed E-state index contributed by atoms with van der Waals surface area (Å²) in [6, 6.07) is -0.536. The molecule has 11 heavy (non-hydrogen) atoms. The fourth-order valence-corrected chi connectivity index (χ4v) is 0.635.